The van der Waals surface area contributed by atoms with Crippen LogP contribution in [0.25, 0.3) is 0 Å². The molecule has 1 fully saturated rings. The monoisotopic (exact) mass is 184 g/mol. The van der Waals surface area contributed by atoms with Crippen LogP contribution in [0.5, 0.6) is 0 Å². The fraction of sp³-hybridized carbons (Fsp3) is 0.800. The highest BCUT2D eigenvalue weighted by Gasteiger charge is 2.23. The Labute approximate surface area is 79.5 Å². The number of amides is 1. The standard InChI is InChI=1S/C10H18NO2/c1-2-9(11-10(12)13)8-6-4-3-5-7-8/h8-9,11H,1-7H2,(H,12,13). The Morgan fingerprint density at radius 2 is 2.08 bits per heavy atom. The van der Waals surface area contributed by atoms with Gasteiger partial charge in [-0.25, -0.2) is 4.79 Å². The molecule has 0 aromatic heterocycles. The van der Waals surface area contributed by atoms with E-state index in [9.17, 15) is 4.79 Å². The molecule has 1 aliphatic carbocycles. The van der Waals surface area contributed by atoms with Crippen LogP contribution in [0.4, 0.5) is 4.79 Å². The first-order valence-electron chi connectivity index (χ1n) is 5.02. The van der Waals surface area contributed by atoms with E-state index >= 15 is 0 Å². The molecule has 3 heteroatoms. The Kier molecular flexibility index (Phi) is 4.06. The van der Waals surface area contributed by atoms with Crippen LogP contribution < -0.4 is 5.32 Å². The van der Waals surface area contributed by atoms with E-state index in [4.69, 9.17) is 5.11 Å². The number of hydrogen-bond donors (Lipinski definition) is 2. The Hall–Kier alpha value is -0.730. The summed E-state index contributed by atoms with van der Waals surface area (Å²) in [6.45, 7) is 3.79. The van der Waals surface area contributed by atoms with E-state index in [1.54, 1.807) is 0 Å². The third-order valence-electron chi connectivity index (χ3n) is 2.84. The third-order valence-corrected chi connectivity index (χ3v) is 2.84. The summed E-state index contributed by atoms with van der Waals surface area (Å²) in [4.78, 5) is 10.5. The molecule has 0 aliphatic heterocycles. The maximum Gasteiger partial charge on any atom is 0.404 e. The quantitative estimate of drug-likeness (QED) is 0.707. The van der Waals surface area contributed by atoms with Gasteiger partial charge in [-0.3, -0.25) is 0 Å². The first-order chi connectivity index (χ1) is 6.24. The molecular formula is C10H18NO2. The largest absolute Gasteiger partial charge is 0.465 e. The molecule has 1 radical (unpaired) electrons. The van der Waals surface area contributed by atoms with Crippen LogP contribution in [0, 0.1) is 12.8 Å². The van der Waals surface area contributed by atoms with Gasteiger partial charge < -0.3 is 10.4 Å². The molecule has 2 N–H and O–H groups in total. The molecule has 0 heterocycles. The van der Waals surface area contributed by atoms with Crippen molar-refractivity contribution in [1.82, 2.24) is 5.32 Å². The maximum absolute atomic E-state index is 10.5. The molecule has 0 spiro atoms. The van der Waals surface area contributed by atoms with Crippen LogP contribution in [-0.2, 0) is 0 Å². The summed E-state index contributed by atoms with van der Waals surface area (Å²) >= 11 is 0. The smallest absolute Gasteiger partial charge is 0.404 e. The van der Waals surface area contributed by atoms with Gasteiger partial charge in [0.2, 0.25) is 0 Å². The number of hydrogen-bond acceptors (Lipinski definition) is 1. The lowest BCUT2D eigenvalue weighted by Crippen LogP contribution is -2.39. The molecule has 75 valence electrons. The molecule has 1 amide bonds. The number of carboxylic acid groups (broad SMARTS) is 1. The van der Waals surface area contributed by atoms with E-state index in [1.807, 2.05) is 0 Å². The van der Waals surface area contributed by atoms with E-state index in [0.29, 0.717) is 12.3 Å². The molecule has 0 aromatic rings. The SMILES string of the molecule is [CH2]CC(NC(=O)O)C1CCCCC1. The lowest BCUT2D eigenvalue weighted by molar-refractivity contribution is 0.178. The van der Waals surface area contributed by atoms with E-state index in [0.717, 1.165) is 12.8 Å². The van der Waals surface area contributed by atoms with Crippen molar-refractivity contribution in [1.29, 1.82) is 0 Å². The second kappa shape index (κ2) is 5.10. The summed E-state index contributed by atoms with van der Waals surface area (Å²) in [6, 6.07) is 0.0674. The van der Waals surface area contributed by atoms with Gasteiger partial charge in [0.1, 0.15) is 0 Å². The number of nitrogens with one attached hydrogen (secondary N) is 1. The van der Waals surface area contributed by atoms with Gasteiger partial charge >= 0.3 is 6.09 Å². The van der Waals surface area contributed by atoms with Crippen LogP contribution in [0.1, 0.15) is 38.5 Å². The highest BCUT2D eigenvalue weighted by molar-refractivity contribution is 5.64. The molecule has 1 aliphatic rings. The summed E-state index contributed by atoms with van der Waals surface area (Å²) in [6.07, 6.45) is 5.83. The Morgan fingerprint density at radius 1 is 1.46 bits per heavy atom. The first kappa shape index (κ1) is 10.4. The molecule has 3 nitrogen and oxygen atoms in total. The lowest BCUT2D eigenvalue weighted by atomic mass is 9.83. The van der Waals surface area contributed by atoms with Crippen LogP contribution in [0.3, 0.4) is 0 Å². The molecule has 0 saturated heterocycles. The second-order valence-corrected chi connectivity index (χ2v) is 3.74. The van der Waals surface area contributed by atoms with Crippen molar-refractivity contribution in [3.63, 3.8) is 0 Å². The van der Waals surface area contributed by atoms with Crippen molar-refractivity contribution >= 4 is 6.09 Å². The molecule has 0 aromatic carbocycles. The normalized spacial score (nSPS) is 21.0. The van der Waals surface area contributed by atoms with Gasteiger partial charge in [-0.05, 0) is 25.2 Å². The van der Waals surface area contributed by atoms with Gasteiger partial charge in [0.15, 0.2) is 0 Å². The Bertz CT molecular complexity index is 164. The number of rotatable bonds is 3. The van der Waals surface area contributed by atoms with E-state index in [1.165, 1.54) is 19.3 Å². The molecular weight excluding hydrogens is 166 g/mol. The molecule has 13 heavy (non-hydrogen) atoms. The highest BCUT2D eigenvalue weighted by Crippen LogP contribution is 2.27. The van der Waals surface area contributed by atoms with Gasteiger partial charge in [0, 0.05) is 6.04 Å². The zero-order valence-corrected chi connectivity index (χ0v) is 7.96. The molecule has 0 bridgehead atoms. The van der Waals surface area contributed by atoms with Crippen molar-refractivity contribution in [2.75, 3.05) is 0 Å². The average Bonchev–Trinajstić information content (AvgIpc) is 2.15. The number of carbonyl (C=O) groups is 1. The van der Waals surface area contributed by atoms with Gasteiger partial charge in [0.25, 0.3) is 0 Å². The predicted octanol–water partition coefficient (Wildman–Crippen LogP) is 2.43. The third kappa shape index (κ3) is 3.25. The van der Waals surface area contributed by atoms with E-state index in [2.05, 4.69) is 12.2 Å². The van der Waals surface area contributed by atoms with Crippen LogP contribution in [-0.4, -0.2) is 17.2 Å². The lowest BCUT2D eigenvalue weighted by Gasteiger charge is -2.29. The van der Waals surface area contributed by atoms with Crippen molar-refractivity contribution in [3.8, 4) is 0 Å². The van der Waals surface area contributed by atoms with Gasteiger partial charge in [-0.2, -0.15) is 0 Å². The zero-order chi connectivity index (χ0) is 9.68. The Balaban J connectivity index is 2.39. The summed E-state index contributed by atoms with van der Waals surface area (Å²) < 4.78 is 0. The molecule has 1 atom stereocenters. The second-order valence-electron chi connectivity index (χ2n) is 3.74. The minimum absolute atomic E-state index is 0.0674. The summed E-state index contributed by atoms with van der Waals surface area (Å²) in [5, 5.41) is 11.2. The summed E-state index contributed by atoms with van der Waals surface area (Å²) in [7, 11) is 0. The molecule has 1 saturated carbocycles. The van der Waals surface area contributed by atoms with Crippen molar-refractivity contribution in [2.24, 2.45) is 5.92 Å². The summed E-state index contributed by atoms with van der Waals surface area (Å²) in [5.41, 5.74) is 0. The Morgan fingerprint density at radius 3 is 2.54 bits per heavy atom. The first-order valence-corrected chi connectivity index (χ1v) is 5.02. The minimum atomic E-state index is -0.917. The minimum Gasteiger partial charge on any atom is -0.465 e. The van der Waals surface area contributed by atoms with Crippen LogP contribution in [0.2, 0.25) is 0 Å². The van der Waals surface area contributed by atoms with Gasteiger partial charge in [-0.1, -0.05) is 26.2 Å². The zero-order valence-electron chi connectivity index (χ0n) is 7.96. The fourth-order valence-corrected chi connectivity index (χ4v) is 2.12. The van der Waals surface area contributed by atoms with Crippen LogP contribution >= 0.6 is 0 Å². The highest BCUT2D eigenvalue weighted by atomic mass is 16.4. The van der Waals surface area contributed by atoms with Gasteiger partial charge in [-0.15, -0.1) is 0 Å². The van der Waals surface area contributed by atoms with Gasteiger partial charge in [0.05, 0.1) is 0 Å². The maximum atomic E-state index is 10.5. The van der Waals surface area contributed by atoms with E-state index < -0.39 is 6.09 Å². The van der Waals surface area contributed by atoms with E-state index in [-0.39, 0.29) is 6.04 Å². The van der Waals surface area contributed by atoms with Crippen molar-refractivity contribution < 1.29 is 9.90 Å². The van der Waals surface area contributed by atoms with Crippen molar-refractivity contribution in [3.05, 3.63) is 6.92 Å². The van der Waals surface area contributed by atoms with Crippen LogP contribution in [0.15, 0.2) is 0 Å². The molecule has 1 rings (SSSR count). The fourth-order valence-electron chi connectivity index (χ4n) is 2.12. The predicted molar refractivity (Wildman–Crippen MR) is 51.5 cm³/mol. The summed E-state index contributed by atoms with van der Waals surface area (Å²) in [5.74, 6) is 0.516. The topological polar surface area (TPSA) is 49.3 Å². The van der Waals surface area contributed by atoms with Crippen molar-refractivity contribution in [2.45, 2.75) is 44.6 Å². The molecule has 1 unspecified atom stereocenters. The average molecular weight is 184 g/mol.